The summed E-state index contributed by atoms with van der Waals surface area (Å²) in [7, 11) is 1.49. The first-order valence-electron chi connectivity index (χ1n) is 6.92. The van der Waals surface area contributed by atoms with Gasteiger partial charge < -0.3 is 14.7 Å². The second-order valence-corrected chi connectivity index (χ2v) is 5.42. The molecule has 0 saturated carbocycles. The van der Waals surface area contributed by atoms with Crippen LogP contribution in [0.1, 0.15) is 5.56 Å². The van der Waals surface area contributed by atoms with E-state index in [1.165, 1.54) is 7.11 Å². The fourth-order valence-electron chi connectivity index (χ4n) is 2.62. The van der Waals surface area contributed by atoms with Crippen LogP contribution in [0.3, 0.4) is 0 Å². The number of methoxy groups -OCH3 is 1. The Balaban J connectivity index is 2.06. The van der Waals surface area contributed by atoms with Gasteiger partial charge in [-0.1, -0.05) is 12.1 Å². The maximum atomic E-state index is 12.9. The van der Waals surface area contributed by atoms with Crippen molar-refractivity contribution in [2.75, 3.05) is 20.2 Å². The molecule has 1 N–H and O–H groups in total. The summed E-state index contributed by atoms with van der Waals surface area (Å²) in [6.07, 6.45) is -4.72. The van der Waals surface area contributed by atoms with Gasteiger partial charge in [-0.05, 0) is 17.7 Å². The van der Waals surface area contributed by atoms with E-state index in [4.69, 9.17) is 9.84 Å². The highest BCUT2D eigenvalue weighted by molar-refractivity contribution is 5.81. The number of aliphatic carboxylic acids is 1. The van der Waals surface area contributed by atoms with Crippen LogP contribution < -0.4 is 4.74 Å². The topological polar surface area (TPSA) is 66.8 Å². The van der Waals surface area contributed by atoms with Gasteiger partial charge in [-0.2, -0.15) is 13.2 Å². The van der Waals surface area contributed by atoms with Gasteiger partial charge in [0.1, 0.15) is 5.75 Å². The highest BCUT2D eigenvalue weighted by Gasteiger charge is 2.53. The van der Waals surface area contributed by atoms with E-state index in [0.29, 0.717) is 11.3 Å². The Labute approximate surface area is 130 Å². The number of carboxylic acid groups (broad SMARTS) is 1. The lowest BCUT2D eigenvalue weighted by Gasteiger charge is -2.18. The van der Waals surface area contributed by atoms with Crippen LogP contribution in [-0.2, 0) is 16.0 Å². The zero-order chi connectivity index (χ0) is 17.2. The predicted molar refractivity (Wildman–Crippen MR) is 73.9 cm³/mol. The van der Waals surface area contributed by atoms with Crippen molar-refractivity contribution in [3.05, 3.63) is 29.8 Å². The Bertz CT molecular complexity index is 585. The van der Waals surface area contributed by atoms with E-state index in [0.717, 1.165) is 4.90 Å². The molecule has 0 aliphatic carbocycles. The zero-order valence-corrected chi connectivity index (χ0v) is 12.3. The standard InChI is InChI=1S/C15H16F3NO4/c1-23-10-4-2-9(3-5-10)6-13(20)19-7-11(14(21)22)12(8-19)15(16,17)18/h2-5,11-12H,6-8H2,1H3,(H,21,22)/t11-,12-/m1/s1. The monoisotopic (exact) mass is 331 g/mol. The summed E-state index contributed by atoms with van der Waals surface area (Å²) in [4.78, 5) is 24.1. The summed E-state index contributed by atoms with van der Waals surface area (Å²) in [5, 5.41) is 8.94. The predicted octanol–water partition coefficient (Wildman–Crippen LogP) is 1.96. The van der Waals surface area contributed by atoms with Crippen molar-refractivity contribution in [2.24, 2.45) is 11.8 Å². The Morgan fingerprint density at radius 3 is 2.30 bits per heavy atom. The molecule has 0 spiro atoms. The van der Waals surface area contributed by atoms with Crippen LogP contribution in [0.25, 0.3) is 0 Å². The van der Waals surface area contributed by atoms with Gasteiger partial charge in [0.25, 0.3) is 0 Å². The SMILES string of the molecule is COc1ccc(CC(=O)N2C[C@@H](C(F)(F)F)[C@H](C(=O)O)C2)cc1. The van der Waals surface area contributed by atoms with Crippen LogP contribution in [0, 0.1) is 11.8 Å². The summed E-state index contributed by atoms with van der Waals surface area (Å²) < 4.78 is 43.7. The molecule has 1 aromatic carbocycles. The first-order valence-corrected chi connectivity index (χ1v) is 6.92. The highest BCUT2D eigenvalue weighted by atomic mass is 19.4. The van der Waals surface area contributed by atoms with E-state index in [9.17, 15) is 22.8 Å². The maximum absolute atomic E-state index is 12.9. The number of carbonyl (C=O) groups excluding carboxylic acids is 1. The number of halogens is 3. The normalized spacial score (nSPS) is 21.3. The van der Waals surface area contributed by atoms with Crippen molar-refractivity contribution in [3.63, 3.8) is 0 Å². The molecule has 1 aliphatic rings. The molecule has 0 radical (unpaired) electrons. The van der Waals surface area contributed by atoms with Crippen LogP contribution in [0.2, 0.25) is 0 Å². The number of ether oxygens (including phenoxy) is 1. The molecule has 1 aliphatic heterocycles. The summed E-state index contributed by atoms with van der Waals surface area (Å²) in [6.45, 7) is -1.04. The molecule has 23 heavy (non-hydrogen) atoms. The second-order valence-electron chi connectivity index (χ2n) is 5.42. The fraction of sp³-hybridized carbons (Fsp3) is 0.467. The average Bonchev–Trinajstić information content (AvgIpc) is 2.93. The van der Waals surface area contributed by atoms with Crippen LogP contribution in [0.15, 0.2) is 24.3 Å². The van der Waals surface area contributed by atoms with E-state index in [1.54, 1.807) is 24.3 Å². The molecule has 2 rings (SSSR count). The number of hydrogen-bond donors (Lipinski definition) is 1. The number of carbonyl (C=O) groups is 2. The first-order chi connectivity index (χ1) is 10.7. The van der Waals surface area contributed by atoms with Crippen molar-refractivity contribution in [3.8, 4) is 5.75 Å². The molecule has 0 bridgehead atoms. The summed E-state index contributed by atoms with van der Waals surface area (Å²) in [6, 6.07) is 6.57. The number of benzene rings is 1. The van der Waals surface area contributed by atoms with E-state index < -0.39 is 43.0 Å². The van der Waals surface area contributed by atoms with Gasteiger partial charge in [0, 0.05) is 13.1 Å². The van der Waals surface area contributed by atoms with Crippen molar-refractivity contribution >= 4 is 11.9 Å². The molecule has 1 amide bonds. The molecular weight excluding hydrogens is 315 g/mol. The van der Waals surface area contributed by atoms with Gasteiger partial charge in [0.05, 0.1) is 25.4 Å². The number of amides is 1. The molecule has 5 nitrogen and oxygen atoms in total. The molecule has 0 aromatic heterocycles. The van der Waals surface area contributed by atoms with Gasteiger partial charge in [-0.15, -0.1) is 0 Å². The highest BCUT2D eigenvalue weighted by Crippen LogP contribution is 2.37. The van der Waals surface area contributed by atoms with Gasteiger partial charge in [0.2, 0.25) is 5.91 Å². The van der Waals surface area contributed by atoms with Gasteiger partial charge in [0.15, 0.2) is 0 Å². The fourth-order valence-corrected chi connectivity index (χ4v) is 2.62. The number of likely N-dealkylation sites (tertiary alicyclic amines) is 1. The first kappa shape index (κ1) is 17.1. The molecule has 8 heteroatoms. The van der Waals surface area contributed by atoms with Crippen LogP contribution in [-0.4, -0.2) is 48.3 Å². The lowest BCUT2D eigenvalue weighted by molar-refractivity contribution is -0.188. The van der Waals surface area contributed by atoms with E-state index in [2.05, 4.69) is 0 Å². The van der Waals surface area contributed by atoms with Gasteiger partial charge >= 0.3 is 12.1 Å². The molecule has 1 fully saturated rings. The summed E-state index contributed by atoms with van der Waals surface area (Å²) in [5.41, 5.74) is 0.623. The van der Waals surface area contributed by atoms with E-state index in [1.807, 2.05) is 0 Å². The van der Waals surface area contributed by atoms with Crippen LogP contribution >= 0.6 is 0 Å². The second kappa shape index (κ2) is 6.47. The molecule has 1 heterocycles. The molecular formula is C15H16F3NO4. The summed E-state index contributed by atoms with van der Waals surface area (Å²) >= 11 is 0. The largest absolute Gasteiger partial charge is 0.497 e. The third-order valence-electron chi connectivity index (χ3n) is 3.92. The molecule has 0 unspecified atom stereocenters. The third-order valence-corrected chi connectivity index (χ3v) is 3.92. The number of rotatable bonds is 4. The number of alkyl halides is 3. The Morgan fingerprint density at radius 2 is 1.87 bits per heavy atom. The Hall–Kier alpha value is -2.25. The Morgan fingerprint density at radius 1 is 1.26 bits per heavy atom. The molecule has 1 saturated heterocycles. The van der Waals surface area contributed by atoms with Crippen LogP contribution in [0.5, 0.6) is 5.75 Å². The lowest BCUT2D eigenvalue weighted by atomic mass is 9.96. The van der Waals surface area contributed by atoms with Crippen molar-refractivity contribution in [1.29, 1.82) is 0 Å². The number of nitrogens with zero attached hydrogens (tertiary/aromatic N) is 1. The van der Waals surface area contributed by atoms with E-state index >= 15 is 0 Å². The average molecular weight is 331 g/mol. The number of hydrogen-bond acceptors (Lipinski definition) is 3. The lowest BCUT2D eigenvalue weighted by Crippen LogP contribution is -2.34. The van der Waals surface area contributed by atoms with Gasteiger partial charge in [-0.3, -0.25) is 9.59 Å². The van der Waals surface area contributed by atoms with E-state index in [-0.39, 0.29) is 6.42 Å². The van der Waals surface area contributed by atoms with Crippen molar-refractivity contribution in [1.82, 2.24) is 4.90 Å². The van der Waals surface area contributed by atoms with Crippen molar-refractivity contribution < 1.29 is 32.6 Å². The minimum absolute atomic E-state index is 0.0824. The molecule has 1 aromatic rings. The Kier molecular flexibility index (Phi) is 4.82. The third kappa shape index (κ3) is 3.94. The van der Waals surface area contributed by atoms with Crippen LogP contribution in [0.4, 0.5) is 13.2 Å². The number of carboxylic acids is 1. The minimum Gasteiger partial charge on any atom is -0.497 e. The summed E-state index contributed by atoms with van der Waals surface area (Å²) in [5.74, 6) is -5.10. The molecule has 126 valence electrons. The molecule has 2 atom stereocenters. The van der Waals surface area contributed by atoms with Crippen molar-refractivity contribution in [2.45, 2.75) is 12.6 Å². The quantitative estimate of drug-likeness (QED) is 0.916. The maximum Gasteiger partial charge on any atom is 0.394 e. The zero-order valence-electron chi connectivity index (χ0n) is 12.3. The minimum atomic E-state index is -4.64. The van der Waals surface area contributed by atoms with Gasteiger partial charge in [-0.25, -0.2) is 0 Å². The smallest absolute Gasteiger partial charge is 0.394 e.